The fourth-order valence-corrected chi connectivity index (χ4v) is 2.57. The number of carbonyl (C=O) groups is 2. The van der Waals surface area contributed by atoms with Gasteiger partial charge in [0.1, 0.15) is 0 Å². The molecule has 0 radical (unpaired) electrons. The Kier molecular flexibility index (Phi) is 4.01. The number of anilines is 3. The molecule has 2 heterocycles. The van der Waals surface area contributed by atoms with Crippen molar-refractivity contribution in [3.8, 4) is 0 Å². The first-order chi connectivity index (χ1) is 11.3. The highest BCUT2D eigenvalue weighted by molar-refractivity contribution is 6.03. The minimum Gasteiger partial charge on any atom is -0.351 e. The average molecular weight is 327 g/mol. The highest BCUT2D eigenvalue weighted by atomic mass is 16.2. The number of fused-ring (bicyclic) bond motifs is 1. The standard InChI is InChI=1S/C17H21N5O2/c1-17(2,3)13-8-14(21-20-13)19-16(24)10-22-9-15(23)18-11-6-4-5-7-12(11)22/h4-8H,9-10H2,1-3H3,(H,18,23)(H2,19,20,21,24). The lowest BCUT2D eigenvalue weighted by atomic mass is 9.92. The summed E-state index contributed by atoms with van der Waals surface area (Å²) in [6.07, 6.45) is 0. The van der Waals surface area contributed by atoms with E-state index >= 15 is 0 Å². The molecule has 0 atom stereocenters. The SMILES string of the molecule is CC(C)(C)c1cc(NC(=O)CN2CC(=O)Nc3ccccc32)n[nH]1. The maximum Gasteiger partial charge on any atom is 0.245 e. The van der Waals surface area contributed by atoms with Crippen molar-refractivity contribution in [3.63, 3.8) is 0 Å². The summed E-state index contributed by atoms with van der Waals surface area (Å²) < 4.78 is 0. The van der Waals surface area contributed by atoms with Crippen molar-refractivity contribution >= 4 is 29.0 Å². The first-order valence-corrected chi connectivity index (χ1v) is 7.82. The summed E-state index contributed by atoms with van der Waals surface area (Å²) in [5.41, 5.74) is 2.43. The molecule has 2 aromatic rings. The van der Waals surface area contributed by atoms with E-state index in [0.29, 0.717) is 5.82 Å². The Morgan fingerprint density at radius 2 is 2.08 bits per heavy atom. The predicted octanol–water partition coefficient (Wildman–Crippen LogP) is 2.10. The molecule has 24 heavy (non-hydrogen) atoms. The van der Waals surface area contributed by atoms with Crippen LogP contribution >= 0.6 is 0 Å². The molecule has 7 nitrogen and oxygen atoms in total. The predicted molar refractivity (Wildman–Crippen MR) is 93.2 cm³/mol. The zero-order valence-corrected chi connectivity index (χ0v) is 14.0. The molecule has 126 valence electrons. The van der Waals surface area contributed by atoms with Crippen LogP contribution in [0.3, 0.4) is 0 Å². The lowest BCUT2D eigenvalue weighted by Crippen LogP contribution is -2.42. The summed E-state index contributed by atoms with van der Waals surface area (Å²) in [6.45, 7) is 6.43. The molecule has 0 aliphatic carbocycles. The molecule has 0 spiro atoms. The van der Waals surface area contributed by atoms with Gasteiger partial charge in [-0.15, -0.1) is 0 Å². The monoisotopic (exact) mass is 327 g/mol. The zero-order chi connectivity index (χ0) is 17.3. The molecular weight excluding hydrogens is 306 g/mol. The molecule has 0 unspecified atom stereocenters. The summed E-state index contributed by atoms with van der Waals surface area (Å²) in [5.74, 6) is 0.141. The van der Waals surface area contributed by atoms with Crippen LogP contribution in [0, 0.1) is 0 Å². The summed E-state index contributed by atoms with van der Waals surface area (Å²) in [7, 11) is 0. The van der Waals surface area contributed by atoms with Gasteiger partial charge in [-0.1, -0.05) is 32.9 Å². The van der Waals surface area contributed by atoms with Crippen LogP contribution in [0.5, 0.6) is 0 Å². The Morgan fingerprint density at radius 1 is 1.33 bits per heavy atom. The highest BCUT2D eigenvalue weighted by Gasteiger charge is 2.24. The van der Waals surface area contributed by atoms with Gasteiger partial charge in [0, 0.05) is 17.2 Å². The average Bonchev–Trinajstić information content (AvgIpc) is 2.95. The number of nitrogens with zero attached hydrogens (tertiary/aromatic N) is 2. The first-order valence-electron chi connectivity index (χ1n) is 7.82. The Balaban J connectivity index is 1.69. The summed E-state index contributed by atoms with van der Waals surface area (Å²) in [5, 5.41) is 12.6. The number of H-pyrrole nitrogens is 1. The number of aromatic amines is 1. The van der Waals surface area contributed by atoms with Gasteiger partial charge in [-0.2, -0.15) is 5.10 Å². The van der Waals surface area contributed by atoms with E-state index in [1.54, 1.807) is 4.90 Å². The molecule has 0 fully saturated rings. The van der Waals surface area contributed by atoms with Gasteiger partial charge in [-0.25, -0.2) is 0 Å². The maximum atomic E-state index is 12.3. The van der Waals surface area contributed by atoms with Crippen molar-refractivity contribution in [1.29, 1.82) is 0 Å². The van der Waals surface area contributed by atoms with E-state index in [9.17, 15) is 9.59 Å². The summed E-state index contributed by atoms with van der Waals surface area (Å²) in [4.78, 5) is 25.9. The number of aromatic nitrogens is 2. The fourth-order valence-electron chi connectivity index (χ4n) is 2.57. The molecule has 7 heteroatoms. The second-order valence-corrected chi connectivity index (χ2v) is 6.89. The second-order valence-electron chi connectivity index (χ2n) is 6.89. The molecule has 3 rings (SSSR count). The van der Waals surface area contributed by atoms with E-state index in [0.717, 1.165) is 17.1 Å². The highest BCUT2D eigenvalue weighted by Crippen LogP contribution is 2.28. The van der Waals surface area contributed by atoms with Crippen molar-refractivity contribution in [3.05, 3.63) is 36.0 Å². The number of rotatable bonds is 3. The van der Waals surface area contributed by atoms with E-state index in [-0.39, 0.29) is 30.3 Å². The number of hydrogen-bond donors (Lipinski definition) is 3. The number of amides is 2. The van der Waals surface area contributed by atoms with Crippen LogP contribution in [0.2, 0.25) is 0 Å². The van der Waals surface area contributed by atoms with Gasteiger partial charge in [0.25, 0.3) is 0 Å². The molecule has 3 N–H and O–H groups in total. The lowest BCUT2D eigenvalue weighted by Gasteiger charge is -2.30. The van der Waals surface area contributed by atoms with Crippen molar-refractivity contribution in [2.75, 3.05) is 28.6 Å². The molecule has 1 aromatic heterocycles. The van der Waals surface area contributed by atoms with E-state index in [1.165, 1.54) is 0 Å². The number of carbonyl (C=O) groups excluding carboxylic acids is 2. The number of hydrogen-bond acceptors (Lipinski definition) is 4. The van der Waals surface area contributed by atoms with E-state index in [4.69, 9.17) is 0 Å². The third-order valence-corrected chi connectivity index (χ3v) is 3.84. The minimum absolute atomic E-state index is 0.0696. The van der Waals surface area contributed by atoms with Crippen LogP contribution in [-0.4, -0.2) is 35.1 Å². The van der Waals surface area contributed by atoms with Crippen molar-refractivity contribution in [1.82, 2.24) is 10.2 Å². The molecule has 0 bridgehead atoms. The smallest absolute Gasteiger partial charge is 0.245 e. The van der Waals surface area contributed by atoms with Gasteiger partial charge in [0.15, 0.2) is 5.82 Å². The Labute approximate surface area is 140 Å². The molecule has 2 amide bonds. The third kappa shape index (κ3) is 3.40. The second kappa shape index (κ2) is 5.99. The number of para-hydroxylation sites is 2. The molecule has 0 saturated carbocycles. The lowest BCUT2D eigenvalue weighted by molar-refractivity contribution is -0.115. The zero-order valence-electron chi connectivity index (χ0n) is 14.0. The molecule has 1 aromatic carbocycles. The van der Waals surface area contributed by atoms with Gasteiger partial charge >= 0.3 is 0 Å². The van der Waals surface area contributed by atoms with Crippen molar-refractivity contribution < 1.29 is 9.59 Å². The van der Waals surface area contributed by atoms with E-state index in [1.807, 2.05) is 30.3 Å². The van der Waals surface area contributed by atoms with Crippen LogP contribution in [-0.2, 0) is 15.0 Å². The van der Waals surface area contributed by atoms with Crippen molar-refractivity contribution in [2.24, 2.45) is 0 Å². The Morgan fingerprint density at radius 3 is 2.79 bits per heavy atom. The Bertz CT molecular complexity index is 775. The molecule has 1 aliphatic rings. The van der Waals surface area contributed by atoms with Crippen LogP contribution < -0.4 is 15.5 Å². The first kappa shape index (κ1) is 16.0. The van der Waals surface area contributed by atoms with Crippen LogP contribution in [0.4, 0.5) is 17.2 Å². The van der Waals surface area contributed by atoms with Gasteiger partial charge in [0.05, 0.1) is 24.5 Å². The summed E-state index contributed by atoms with van der Waals surface area (Å²) >= 11 is 0. The van der Waals surface area contributed by atoms with Gasteiger partial charge in [0.2, 0.25) is 11.8 Å². The van der Waals surface area contributed by atoms with Gasteiger partial charge in [-0.3, -0.25) is 14.7 Å². The number of nitrogens with one attached hydrogen (secondary N) is 3. The van der Waals surface area contributed by atoms with Crippen molar-refractivity contribution in [2.45, 2.75) is 26.2 Å². The molecule has 1 aliphatic heterocycles. The fraction of sp³-hybridized carbons (Fsp3) is 0.353. The topological polar surface area (TPSA) is 90.1 Å². The minimum atomic E-state index is -0.216. The quantitative estimate of drug-likeness (QED) is 0.805. The maximum absolute atomic E-state index is 12.3. The van der Waals surface area contributed by atoms with E-state index < -0.39 is 0 Å². The Hall–Kier alpha value is -2.83. The third-order valence-electron chi connectivity index (χ3n) is 3.84. The van der Waals surface area contributed by atoms with Gasteiger partial charge < -0.3 is 15.5 Å². The molecule has 0 saturated heterocycles. The largest absolute Gasteiger partial charge is 0.351 e. The number of benzene rings is 1. The van der Waals surface area contributed by atoms with Crippen LogP contribution in [0.15, 0.2) is 30.3 Å². The normalized spacial score (nSPS) is 14.1. The van der Waals surface area contributed by atoms with Crippen LogP contribution in [0.25, 0.3) is 0 Å². The molecular formula is C17H21N5O2. The van der Waals surface area contributed by atoms with Gasteiger partial charge in [-0.05, 0) is 12.1 Å². The van der Waals surface area contributed by atoms with E-state index in [2.05, 4.69) is 41.6 Å². The van der Waals surface area contributed by atoms with Crippen LogP contribution in [0.1, 0.15) is 26.5 Å². The summed E-state index contributed by atoms with van der Waals surface area (Å²) in [6, 6.07) is 9.26.